The van der Waals surface area contributed by atoms with Crippen molar-refractivity contribution in [2.75, 3.05) is 40.4 Å². The maximum Gasteiger partial charge on any atom is 0.240 e. The first-order valence-electron chi connectivity index (χ1n) is 10.5. The Kier molecular flexibility index (Phi) is 9.83. The first-order chi connectivity index (χ1) is 14.0. The first kappa shape index (κ1) is 25.4. The van der Waals surface area contributed by atoms with Gasteiger partial charge in [-0.05, 0) is 42.4 Å². The maximum absolute atomic E-state index is 12.2. The molecule has 0 atom stereocenters. The highest BCUT2D eigenvalue weighted by Crippen LogP contribution is 2.43. The minimum atomic E-state index is -3.50. The number of methoxy groups -OCH3 is 1. The van der Waals surface area contributed by atoms with Crippen LogP contribution in [0.5, 0.6) is 0 Å². The van der Waals surface area contributed by atoms with E-state index in [1.54, 1.807) is 19.2 Å². The van der Waals surface area contributed by atoms with Crippen LogP contribution < -0.4 is 10.0 Å². The number of nitrogens with one attached hydrogen (secondary N) is 2. The highest BCUT2D eigenvalue weighted by molar-refractivity contribution is 14.0. The van der Waals surface area contributed by atoms with Crippen LogP contribution in [0.3, 0.4) is 0 Å². The third kappa shape index (κ3) is 6.54. The lowest BCUT2D eigenvalue weighted by atomic mass is 9.73. The van der Waals surface area contributed by atoms with Crippen molar-refractivity contribution in [2.45, 2.75) is 50.0 Å². The number of likely N-dealkylation sites (tertiary alicyclic amines) is 1. The van der Waals surface area contributed by atoms with Crippen LogP contribution in [0.4, 0.5) is 0 Å². The van der Waals surface area contributed by atoms with E-state index in [1.807, 2.05) is 19.2 Å². The van der Waals surface area contributed by atoms with Gasteiger partial charge in [0, 0.05) is 40.3 Å². The van der Waals surface area contributed by atoms with E-state index in [0.29, 0.717) is 18.6 Å². The SMILES string of the molecule is CN=C(NCc1ccc(S(=O)(=O)NCCOC)cc1)N1CCC2(CCCCC2)C1.I. The Balaban J connectivity index is 0.00000320. The van der Waals surface area contributed by atoms with Crippen molar-refractivity contribution in [1.82, 2.24) is 14.9 Å². The van der Waals surface area contributed by atoms with Gasteiger partial charge in [-0.25, -0.2) is 13.1 Å². The van der Waals surface area contributed by atoms with Gasteiger partial charge in [-0.1, -0.05) is 31.4 Å². The third-order valence-electron chi connectivity index (χ3n) is 6.15. The molecule has 0 bridgehead atoms. The average molecular weight is 551 g/mol. The van der Waals surface area contributed by atoms with Crippen LogP contribution in [-0.2, 0) is 21.3 Å². The zero-order valence-corrected chi connectivity index (χ0v) is 21.2. The van der Waals surface area contributed by atoms with E-state index in [9.17, 15) is 8.42 Å². The van der Waals surface area contributed by atoms with Gasteiger partial charge >= 0.3 is 0 Å². The molecule has 3 rings (SSSR count). The molecule has 2 N–H and O–H groups in total. The normalized spacial score (nSPS) is 19.0. The number of hydrogen-bond acceptors (Lipinski definition) is 4. The summed E-state index contributed by atoms with van der Waals surface area (Å²) in [6.07, 6.45) is 8.03. The molecule has 7 nitrogen and oxygen atoms in total. The van der Waals surface area contributed by atoms with E-state index in [2.05, 4.69) is 19.9 Å². The van der Waals surface area contributed by atoms with E-state index in [-0.39, 0.29) is 35.4 Å². The van der Waals surface area contributed by atoms with E-state index in [1.165, 1.54) is 38.5 Å². The monoisotopic (exact) mass is 550 g/mol. The number of rotatable bonds is 7. The molecule has 0 aromatic heterocycles. The molecule has 0 unspecified atom stereocenters. The van der Waals surface area contributed by atoms with Crippen molar-refractivity contribution in [2.24, 2.45) is 10.4 Å². The maximum atomic E-state index is 12.2. The van der Waals surface area contributed by atoms with E-state index >= 15 is 0 Å². The number of halogens is 1. The van der Waals surface area contributed by atoms with Crippen molar-refractivity contribution in [3.63, 3.8) is 0 Å². The van der Waals surface area contributed by atoms with Crippen LogP contribution >= 0.6 is 24.0 Å². The van der Waals surface area contributed by atoms with Crippen molar-refractivity contribution in [3.8, 4) is 0 Å². The molecule has 0 amide bonds. The van der Waals surface area contributed by atoms with E-state index in [0.717, 1.165) is 24.6 Å². The summed E-state index contributed by atoms with van der Waals surface area (Å²) in [6, 6.07) is 6.97. The second-order valence-electron chi connectivity index (χ2n) is 8.17. The van der Waals surface area contributed by atoms with Gasteiger partial charge in [-0.3, -0.25) is 4.99 Å². The van der Waals surface area contributed by atoms with Crippen molar-refractivity contribution >= 4 is 40.0 Å². The van der Waals surface area contributed by atoms with Gasteiger partial charge in [0.15, 0.2) is 5.96 Å². The molecule has 1 aliphatic carbocycles. The predicted molar refractivity (Wildman–Crippen MR) is 131 cm³/mol. The van der Waals surface area contributed by atoms with Crippen LogP contribution in [0, 0.1) is 5.41 Å². The highest BCUT2D eigenvalue weighted by Gasteiger charge is 2.39. The Hall–Kier alpha value is -0.910. The Morgan fingerprint density at radius 3 is 2.50 bits per heavy atom. The number of aliphatic imine (C=N–C) groups is 1. The van der Waals surface area contributed by atoms with Gasteiger partial charge in [-0.15, -0.1) is 24.0 Å². The summed E-state index contributed by atoms with van der Waals surface area (Å²) in [5.74, 6) is 0.936. The topological polar surface area (TPSA) is 83.0 Å². The standard InChI is InChI=1S/C21H34N4O3S.HI/c1-22-20(25-14-12-21(17-25)10-4-3-5-11-21)23-16-18-6-8-19(9-7-18)29(26,27)24-13-15-28-2;/h6-9,24H,3-5,10-17H2,1-2H3,(H,22,23);1H. The minimum absolute atomic E-state index is 0. The summed E-state index contributed by atoms with van der Waals surface area (Å²) in [7, 11) is -0.125. The molecular formula is C21H35IN4O3S. The highest BCUT2D eigenvalue weighted by atomic mass is 127. The minimum Gasteiger partial charge on any atom is -0.383 e. The number of benzene rings is 1. The lowest BCUT2D eigenvalue weighted by Crippen LogP contribution is -2.41. The predicted octanol–water partition coefficient (Wildman–Crippen LogP) is 2.96. The molecule has 2 fully saturated rings. The average Bonchev–Trinajstić information content (AvgIpc) is 3.12. The van der Waals surface area contributed by atoms with Gasteiger partial charge in [-0.2, -0.15) is 0 Å². The number of hydrogen-bond donors (Lipinski definition) is 2. The van der Waals surface area contributed by atoms with Crippen molar-refractivity contribution in [3.05, 3.63) is 29.8 Å². The van der Waals surface area contributed by atoms with Crippen molar-refractivity contribution in [1.29, 1.82) is 0 Å². The molecule has 1 aromatic carbocycles. The Morgan fingerprint density at radius 1 is 1.17 bits per heavy atom. The van der Waals surface area contributed by atoms with Crippen LogP contribution in [0.25, 0.3) is 0 Å². The van der Waals surface area contributed by atoms with Crippen LogP contribution in [-0.4, -0.2) is 59.7 Å². The summed E-state index contributed by atoms with van der Waals surface area (Å²) in [6.45, 7) is 3.38. The molecular weight excluding hydrogens is 515 g/mol. The molecule has 1 aromatic rings. The second-order valence-corrected chi connectivity index (χ2v) is 9.93. The summed E-state index contributed by atoms with van der Waals surface area (Å²) >= 11 is 0. The summed E-state index contributed by atoms with van der Waals surface area (Å²) in [4.78, 5) is 7.12. The quantitative estimate of drug-likeness (QED) is 0.236. The third-order valence-corrected chi connectivity index (χ3v) is 7.62. The molecule has 0 radical (unpaired) electrons. The van der Waals surface area contributed by atoms with Gasteiger partial charge < -0.3 is 15.0 Å². The van der Waals surface area contributed by atoms with Gasteiger partial charge in [0.1, 0.15) is 0 Å². The number of guanidine groups is 1. The molecule has 1 heterocycles. The van der Waals surface area contributed by atoms with E-state index in [4.69, 9.17) is 4.74 Å². The number of sulfonamides is 1. The molecule has 9 heteroatoms. The zero-order valence-electron chi connectivity index (χ0n) is 18.0. The smallest absolute Gasteiger partial charge is 0.240 e. The summed E-state index contributed by atoms with van der Waals surface area (Å²) < 4.78 is 31.9. The zero-order chi connectivity index (χ0) is 20.7. The van der Waals surface area contributed by atoms with Crippen LogP contribution in [0.2, 0.25) is 0 Å². The molecule has 1 spiro atoms. The molecule has 1 saturated heterocycles. The fourth-order valence-corrected chi connectivity index (χ4v) is 5.50. The Morgan fingerprint density at radius 2 is 1.87 bits per heavy atom. The summed E-state index contributed by atoms with van der Waals surface area (Å²) in [5, 5.41) is 3.44. The largest absolute Gasteiger partial charge is 0.383 e. The molecule has 1 aliphatic heterocycles. The van der Waals surface area contributed by atoms with Gasteiger partial charge in [0.2, 0.25) is 10.0 Å². The van der Waals surface area contributed by atoms with Gasteiger partial charge in [0.05, 0.1) is 11.5 Å². The lowest BCUT2D eigenvalue weighted by molar-refractivity contribution is 0.203. The fourth-order valence-electron chi connectivity index (χ4n) is 4.49. The van der Waals surface area contributed by atoms with E-state index < -0.39 is 10.0 Å². The fraction of sp³-hybridized carbons (Fsp3) is 0.667. The number of ether oxygens (including phenoxy) is 1. The molecule has 30 heavy (non-hydrogen) atoms. The van der Waals surface area contributed by atoms with Crippen LogP contribution in [0.15, 0.2) is 34.2 Å². The Bertz CT molecular complexity index is 793. The lowest BCUT2D eigenvalue weighted by Gasteiger charge is -2.33. The Labute approximate surface area is 198 Å². The summed E-state index contributed by atoms with van der Waals surface area (Å²) in [5.41, 5.74) is 1.51. The first-order valence-corrected chi connectivity index (χ1v) is 12.0. The van der Waals surface area contributed by atoms with Gasteiger partial charge in [0.25, 0.3) is 0 Å². The molecule has 170 valence electrons. The molecule has 2 aliphatic rings. The molecule has 1 saturated carbocycles. The second kappa shape index (κ2) is 11.6. The van der Waals surface area contributed by atoms with Crippen molar-refractivity contribution < 1.29 is 13.2 Å². The number of nitrogens with zero attached hydrogens (tertiary/aromatic N) is 2. The van der Waals surface area contributed by atoms with Crippen LogP contribution in [0.1, 0.15) is 44.1 Å².